The molecule has 0 unspecified atom stereocenters. The normalized spacial score (nSPS) is 15.0. The maximum atomic E-state index is 14.0. The van der Waals surface area contributed by atoms with Crippen molar-refractivity contribution in [2.75, 3.05) is 0 Å². The van der Waals surface area contributed by atoms with Crippen molar-refractivity contribution >= 4 is 6.03 Å². The molecule has 1 saturated carbocycles. The van der Waals surface area contributed by atoms with E-state index in [2.05, 4.69) is 5.32 Å². The van der Waals surface area contributed by atoms with E-state index in [4.69, 9.17) is 0 Å². The standard InChI is InChI=1S/C19H20F2N2O/c1-13(17-7-2-3-8-18(17)21)23(16-9-10-16)19(24)22-12-14-5-4-6-15(20)11-14/h2-8,11,13,16H,9-10,12H2,1H3,(H,22,24)/t13-/m0/s1. The Morgan fingerprint density at radius 1 is 1.21 bits per heavy atom. The highest BCUT2D eigenvalue weighted by Gasteiger charge is 2.36. The molecule has 0 aromatic heterocycles. The van der Waals surface area contributed by atoms with Gasteiger partial charge in [0.2, 0.25) is 0 Å². The number of urea groups is 1. The summed E-state index contributed by atoms with van der Waals surface area (Å²) in [6.45, 7) is 2.07. The lowest BCUT2D eigenvalue weighted by Crippen LogP contribution is -2.42. The average Bonchev–Trinajstić information content (AvgIpc) is 3.38. The summed E-state index contributed by atoms with van der Waals surface area (Å²) in [6, 6.07) is 12.2. The van der Waals surface area contributed by atoms with Crippen LogP contribution in [0.4, 0.5) is 13.6 Å². The number of nitrogens with zero attached hydrogens (tertiary/aromatic N) is 1. The van der Waals surface area contributed by atoms with E-state index in [1.54, 1.807) is 35.2 Å². The van der Waals surface area contributed by atoms with Gasteiger partial charge in [0.25, 0.3) is 0 Å². The van der Waals surface area contributed by atoms with E-state index in [-0.39, 0.29) is 36.3 Å². The molecule has 0 radical (unpaired) electrons. The van der Waals surface area contributed by atoms with Gasteiger partial charge in [0.1, 0.15) is 11.6 Å². The Morgan fingerprint density at radius 2 is 1.96 bits per heavy atom. The summed E-state index contributed by atoms with van der Waals surface area (Å²) in [5.74, 6) is -0.644. The first-order valence-electron chi connectivity index (χ1n) is 8.11. The second kappa shape index (κ2) is 6.99. The summed E-state index contributed by atoms with van der Waals surface area (Å²) in [6.07, 6.45) is 1.85. The minimum absolute atomic E-state index is 0.132. The number of benzene rings is 2. The van der Waals surface area contributed by atoms with Crippen LogP contribution in [0, 0.1) is 11.6 Å². The van der Waals surface area contributed by atoms with Crippen molar-refractivity contribution in [3.05, 3.63) is 71.3 Å². The number of hydrogen-bond donors (Lipinski definition) is 1. The van der Waals surface area contributed by atoms with Crippen LogP contribution in [0.2, 0.25) is 0 Å². The van der Waals surface area contributed by atoms with Gasteiger partial charge in [-0.1, -0.05) is 30.3 Å². The van der Waals surface area contributed by atoms with E-state index < -0.39 is 0 Å². The minimum Gasteiger partial charge on any atom is -0.334 e. The fourth-order valence-corrected chi connectivity index (χ4v) is 2.89. The Kier molecular flexibility index (Phi) is 4.79. The third-order valence-electron chi connectivity index (χ3n) is 4.28. The van der Waals surface area contributed by atoms with Crippen LogP contribution in [-0.2, 0) is 6.54 Å². The first kappa shape index (κ1) is 16.4. The molecule has 0 aliphatic heterocycles. The van der Waals surface area contributed by atoms with E-state index >= 15 is 0 Å². The fraction of sp³-hybridized carbons (Fsp3) is 0.316. The first-order chi connectivity index (χ1) is 11.6. The number of hydrogen-bond acceptors (Lipinski definition) is 1. The molecule has 1 atom stereocenters. The molecule has 24 heavy (non-hydrogen) atoms. The van der Waals surface area contributed by atoms with Crippen molar-refractivity contribution < 1.29 is 13.6 Å². The van der Waals surface area contributed by atoms with Crippen LogP contribution >= 0.6 is 0 Å². The number of carbonyl (C=O) groups excluding carboxylic acids is 1. The fourth-order valence-electron chi connectivity index (χ4n) is 2.89. The first-order valence-corrected chi connectivity index (χ1v) is 8.11. The number of halogens is 2. The molecule has 0 saturated heterocycles. The molecule has 0 heterocycles. The number of amides is 2. The Balaban J connectivity index is 1.71. The summed E-state index contributed by atoms with van der Waals surface area (Å²) in [5, 5.41) is 2.82. The zero-order chi connectivity index (χ0) is 17.1. The van der Waals surface area contributed by atoms with E-state index in [1.165, 1.54) is 18.2 Å². The van der Waals surface area contributed by atoms with Gasteiger partial charge in [-0.2, -0.15) is 0 Å². The van der Waals surface area contributed by atoms with Crippen LogP contribution in [0.3, 0.4) is 0 Å². The molecule has 2 amide bonds. The molecule has 2 aromatic carbocycles. The van der Waals surface area contributed by atoms with E-state index in [9.17, 15) is 13.6 Å². The van der Waals surface area contributed by atoms with Crippen molar-refractivity contribution in [3.8, 4) is 0 Å². The molecule has 1 aliphatic carbocycles. The summed E-state index contributed by atoms with van der Waals surface area (Å²) in [5.41, 5.74) is 1.20. The average molecular weight is 330 g/mol. The van der Waals surface area contributed by atoms with Crippen LogP contribution in [0.5, 0.6) is 0 Å². The van der Waals surface area contributed by atoms with Crippen molar-refractivity contribution in [2.24, 2.45) is 0 Å². The Bertz CT molecular complexity index is 731. The molecule has 2 aromatic rings. The zero-order valence-corrected chi connectivity index (χ0v) is 13.5. The van der Waals surface area contributed by atoms with Gasteiger partial charge in [-0.15, -0.1) is 0 Å². The highest BCUT2D eigenvalue weighted by molar-refractivity contribution is 5.75. The molecular weight excluding hydrogens is 310 g/mol. The van der Waals surface area contributed by atoms with Crippen molar-refractivity contribution in [2.45, 2.75) is 38.4 Å². The molecule has 0 bridgehead atoms. The molecule has 3 rings (SSSR count). The van der Waals surface area contributed by atoms with Crippen LogP contribution in [0.1, 0.15) is 36.9 Å². The van der Waals surface area contributed by atoms with Gasteiger partial charge in [-0.25, -0.2) is 13.6 Å². The Morgan fingerprint density at radius 3 is 2.62 bits per heavy atom. The highest BCUT2D eigenvalue weighted by atomic mass is 19.1. The van der Waals surface area contributed by atoms with Crippen molar-refractivity contribution in [1.82, 2.24) is 10.2 Å². The third kappa shape index (κ3) is 3.72. The quantitative estimate of drug-likeness (QED) is 0.866. The van der Waals surface area contributed by atoms with Gasteiger partial charge in [-0.05, 0) is 43.5 Å². The van der Waals surface area contributed by atoms with Crippen molar-refractivity contribution in [3.63, 3.8) is 0 Å². The summed E-state index contributed by atoms with van der Waals surface area (Å²) in [7, 11) is 0. The topological polar surface area (TPSA) is 32.3 Å². The smallest absolute Gasteiger partial charge is 0.318 e. The number of rotatable bonds is 5. The lowest BCUT2D eigenvalue weighted by molar-refractivity contribution is 0.173. The van der Waals surface area contributed by atoms with E-state index in [1.807, 2.05) is 6.92 Å². The zero-order valence-electron chi connectivity index (χ0n) is 13.5. The third-order valence-corrected chi connectivity index (χ3v) is 4.28. The molecule has 0 spiro atoms. The highest BCUT2D eigenvalue weighted by Crippen LogP contribution is 2.35. The maximum Gasteiger partial charge on any atom is 0.318 e. The van der Waals surface area contributed by atoms with Gasteiger partial charge in [0.15, 0.2) is 0 Å². The molecule has 3 nitrogen and oxygen atoms in total. The molecular formula is C19H20F2N2O. The lowest BCUT2D eigenvalue weighted by Gasteiger charge is -2.30. The van der Waals surface area contributed by atoms with Gasteiger partial charge in [-0.3, -0.25) is 0 Å². The van der Waals surface area contributed by atoms with E-state index in [0.717, 1.165) is 12.8 Å². The number of nitrogens with one attached hydrogen (secondary N) is 1. The van der Waals surface area contributed by atoms with Gasteiger partial charge < -0.3 is 10.2 Å². The lowest BCUT2D eigenvalue weighted by atomic mass is 10.1. The number of carbonyl (C=O) groups is 1. The molecule has 126 valence electrons. The van der Waals surface area contributed by atoms with Crippen molar-refractivity contribution in [1.29, 1.82) is 0 Å². The van der Waals surface area contributed by atoms with Crippen LogP contribution in [-0.4, -0.2) is 17.0 Å². The van der Waals surface area contributed by atoms with Gasteiger partial charge >= 0.3 is 6.03 Å². The van der Waals surface area contributed by atoms with Crippen LogP contribution in [0.25, 0.3) is 0 Å². The van der Waals surface area contributed by atoms with Gasteiger partial charge in [0, 0.05) is 18.2 Å². The monoisotopic (exact) mass is 330 g/mol. The second-order valence-corrected chi connectivity index (χ2v) is 6.12. The second-order valence-electron chi connectivity index (χ2n) is 6.12. The SMILES string of the molecule is C[C@@H](c1ccccc1F)N(C(=O)NCc1cccc(F)c1)C1CC1. The predicted octanol–water partition coefficient (Wildman–Crippen LogP) is 4.40. The predicted molar refractivity (Wildman–Crippen MR) is 88.3 cm³/mol. The molecule has 5 heteroatoms. The molecule has 1 aliphatic rings. The minimum atomic E-state index is -0.355. The maximum absolute atomic E-state index is 14.0. The van der Waals surface area contributed by atoms with Gasteiger partial charge in [0.05, 0.1) is 6.04 Å². The Hall–Kier alpha value is -2.43. The largest absolute Gasteiger partial charge is 0.334 e. The summed E-state index contributed by atoms with van der Waals surface area (Å²) >= 11 is 0. The molecule has 1 N–H and O–H groups in total. The molecule has 1 fully saturated rings. The van der Waals surface area contributed by atoms with Crippen LogP contribution in [0.15, 0.2) is 48.5 Å². The summed E-state index contributed by atoms with van der Waals surface area (Å²) in [4.78, 5) is 14.3. The van der Waals surface area contributed by atoms with Crippen LogP contribution < -0.4 is 5.32 Å². The Labute approximate surface area is 140 Å². The van der Waals surface area contributed by atoms with E-state index in [0.29, 0.717) is 11.1 Å². The summed E-state index contributed by atoms with van der Waals surface area (Å²) < 4.78 is 27.3.